The SMILES string of the molecule is CC(=O)O[C@@H]1c2cc3c(OCc4ccccc4)cc(C=O)cc3n2C[C@@H]1NC(=O)OC(C)(C)C. The Labute approximate surface area is 197 Å². The molecule has 0 unspecified atom stereocenters. The van der Waals surface area contributed by atoms with Gasteiger partial charge in [-0.3, -0.25) is 9.59 Å². The Morgan fingerprint density at radius 1 is 1.15 bits per heavy atom. The second-order valence-electron chi connectivity index (χ2n) is 9.31. The summed E-state index contributed by atoms with van der Waals surface area (Å²) in [6.45, 7) is 7.35. The lowest BCUT2D eigenvalue weighted by Crippen LogP contribution is -2.42. The van der Waals surface area contributed by atoms with E-state index in [2.05, 4.69) is 5.32 Å². The maximum absolute atomic E-state index is 12.4. The molecule has 0 spiro atoms. The molecule has 4 rings (SSSR count). The number of hydrogen-bond donors (Lipinski definition) is 1. The van der Waals surface area contributed by atoms with Crippen LogP contribution in [-0.2, 0) is 27.4 Å². The summed E-state index contributed by atoms with van der Waals surface area (Å²) in [5.74, 6) is 0.0948. The van der Waals surface area contributed by atoms with Gasteiger partial charge in [0, 0.05) is 24.4 Å². The van der Waals surface area contributed by atoms with Gasteiger partial charge in [-0.05, 0) is 44.5 Å². The van der Waals surface area contributed by atoms with Crippen molar-refractivity contribution in [3.05, 3.63) is 65.4 Å². The molecule has 2 heterocycles. The molecule has 0 aliphatic carbocycles. The molecule has 8 heteroatoms. The molecule has 0 saturated carbocycles. The van der Waals surface area contributed by atoms with E-state index < -0.39 is 29.8 Å². The number of benzene rings is 2. The van der Waals surface area contributed by atoms with E-state index in [1.807, 2.05) is 41.0 Å². The first-order valence-corrected chi connectivity index (χ1v) is 11.1. The number of esters is 1. The van der Waals surface area contributed by atoms with Crippen LogP contribution in [0, 0.1) is 0 Å². The number of carbonyl (C=O) groups excluding carboxylic acids is 3. The highest BCUT2D eigenvalue weighted by molar-refractivity contribution is 5.93. The van der Waals surface area contributed by atoms with Crippen molar-refractivity contribution < 1.29 is 28.6 Å². The van der Waals surface area contributed by atoms with Crippen molar-refractivity contribution in [1.82, 2.24) is 9.88 Å². The molecular weight excluding hydrogens is 436 g/mol. The molecule has 1 amide bonds. The second kappa shape index (κ2) is 9.21. The van der Waals surface area contributed by atoms with Gasteiger partial charge in [-0.1, -0.05) is 30.3 Å². The Bertz CT molecular complexity index is 1230. The van der Waals surface area contributed by atoms with Gasteiger partial charge in [0.2, 0.25) is 0 Å². The Hall–Kier alpha value is -3.81. The summed E-state index contributed by atoms with van der Waals surface area (Å²) < 4.78 is 19.0. The summed E-state index contributed by atoms with van der Waals surface area (Å²) in [5.41, 5.74) is 2.26. The molecule has 2 aromatic carbocycles. The number of hydrogen-bond acceptors (Lipinski definition) is 6. The van der Waals surface area contributed by atoms with Crippen LogP contribution in [0.3, 0.4) is 0 Å². The first-order chi connectivity index (χ1) is 16.1. The van der Waals surface area contributed by atoms with Gasteiger partial charge in [-0.25, -0.2) is 4.79 Å². The van der Waals surface area contributed by atoms with Gasteiger partial charge in [-0.15, -0.1) is 0 Å². The van der Waals surface area contributed by atoms with Gasteiger partial charge in [0.15, 0.2) is 6.10 Å². The van der Waals surface area contributed by atoms with Crippen molar-refractivity contribution in [2.75, 3.05) is 0 Å². The lowest BCUT2D eigenvalue weighted by Gasteiger charge is -2.24. The zero-order valence-corrected chi connectivity index (χ0v) is 19.7. The van der Waals surface area contributed by atoms with E-state index in [1.165, 1.54) is 6.92 Å². The molecule has 0 saturated heterocycles. The van der Waals surface area contributed by atoms with Gasteiger partial charge in [-0.2, -0.15) is 0 Å². The molecule has 34 heavy (non-hydrogen) atoms. The summed E-state index contributed by atoms with van der Waals surface area (Å²) in [4.78, 5) is 35.9. The highest BCUT2D eigenvalue weighted by atomic mass is 16.6. The predicted molar refractivity (Wildman–Crippen MR) is 126 cm³/mol. The standard InChI is InChI=1S/C26H28N2O6/c1-16(30)33-24-20(27-25(31)34-26(2,3)4)13-28-21-10-18(14-29)11-23(19(21)12-22(24)28)32-15-17-8-6-5-7-9-17/h5-12,14,20,24H,13,15H2,1-4H3,(H,27,31)/t20-,24-/m0/s1. The molecule has 8 nitrogen and oxygen atoms in total. The minimum atomic E-state index is -0.709. The third-order valence-corrected chi connectivity index (χ3v) is 5.44. The fraction of sp³-hybridized carbons (Fsp3) is 0.346. The van der Waals surface area contributed by atoms with Crippen molar-refractivity contribution >= 4 is 29.3 Å². The maximum atomic E-state index is 12.4. The summed E-state index contributed by atoms with van der Waals surface area (Å²) in [6.07, 6.45) is -0.534. The molecule has 0 fully saturated rings. The molecule has 3 aromatic rings. The normalized spacial score (nSPS) is 17.2. The predicted octanol–water partition coefficient (Wildman–Crippen LogP) is 4.54. The van der Waals surface area contributed by atoms with Crippen LogP contribution in [0.4, 0.5) is 4.79 Å². The van der Waals surface area contributed by atoms with Crippen molar-refractivity contribution in [3.8, 4) is 5.75 Å². The lowest BCUT2D eigenvalue weighted by molar-refractivity contribution is -0.147. The quantitative estimate of drug-likeness (QED) is 0.425. The monoisotopic (exact) mass is 464 g/mol. The fourth-order valence-electron chi connectivity index (χ4n) is 4.13. The van der Waals surface area contributed by atoms with E-state index >= 15 is 0 Å². The molecule has 1 aromatic heterocycles. The Balaban J connectivity index is 1.68. The highest BCUT2D eigenvalue weighted by Gasteiger charge is 2.39. The molecule has 0 radical (unpaired) electrons. The summed E-state index contributed by atoms with van der Waals surface area (Å²) in [7, 11) is 0. The number of amides is 1. The summed E-state index contributed by atoms with van der Waals surface area (Å²) in [5, 5.41) is 3.61. The average molecular weight is 465 g/mol. The zero-order chi connectivity index (χ0) is 24.5. The summed E-state index contributed by atoms with van der Waals surface area (Å²) >= 11 is 0. The van der Waals surface area contributed by atoms with Crippen LogP contribution in [0.25, 0.3) is 10.9 Å². The second-order valence-corrected chi connectivity index (χ2v) is 9.31. The minimum absolute atomic E-state index is 0.342. The van der Waals surface area contributed by atoms with E-state index in [0.29, 0.717) is 30.2 Å². The van der Waals surface area contributed by atoms with Crippen molar-refractivity contribution in [2.45, 2.75) is 58.6 Å². The number of aromatic nitrogens is 1. The number of carbonyl (C=O) groups is 3. The highest BCUT2D eigenvalue weighted by Crippen LogP contribution is 2.39. The third kappa shape index (κ3) is 5.06. The van der Waals surface area contributed by atoms with Crippen LogP contribution in [0.1, 0.15) is 55.4 Å². The van der Waals surface area contributed by atoms with Crippen molar-refractivity contribution in [3.63, 3.8) is 0 Å². The van der Waals surface area contributed by atoms with Crippen molar-refractivity contribution in [1.29, 1.82) is 0 Å². The fourth-order valence-corrected chi connectivity index (χ4v) is 4.13. The van der Waals surface area contributed by atoms with Crippen molar-refractivity contribution in [2.24, 2.45) is 0 Å². The zero-order valence-electron chi connectivity index (χ0n) is 19.7. The molecule has 1 aliphatic heterocycles. The first-order valence-electron chi connectivity index (χ1n) is 11.1. The molecular formula is C26H28N2O6. The molecule has 1 aliphatic rings. The maximum Gasteiger partial charge on any atom is 0.408 e. The smallest absolute Gasteiger partial charge is 0.408 e. The van der Waals surface area contributed by atoms with Crippen LogP contribution in [0.15, 0.2) is 48.5 Å². The third-order valence-electron chi connectivity index (χ3n) is 5.44. The molecule has 1 N–H and O–H groups in total. The van der Waals surface area contributed by atoms with Gasteiger partial charge in [0.1, 0.15) is 24.2 Å². The Morgan fingerprint density at radius 2 is 1.88 bits per heavy atom. The first kappa shape index (κ1) is 23.4. The van der Waals surface area contributed by atoms with E-state index in [-0.39, 0.29) is 0 Å². The Morgan fingerprint density at radius 3 is 2.53 bits per heavy atom. The number of nitrogens with zero attached hydrogens (tertiary/aromatic N) is 1. The average Bonchev–Trinajstić information content (AvgIpc) is 3.27. The number of nitrogens with one attached hydrogen (secondary N) is 1. The van der Waals surface area contributed by atoms with Gasteiger partial charge < -0.3 is 24.1 Å². The van der Waals surface area contributed by atoms with Gasteiger partial charge in [0.25, 0.3) is 0 Å². The molecule has 0 bridgehead atoms. The lowest BCUT2D eigenvalue weighted by atomic mass is 10.1. The number of ether oxygens (including phenoxy) is 3. The topological polar surface area (TPSA) is 95.9 Å². The van der Waals surface area contributed by atoms with Crippen LogP contribution < -0.4 is 10.1 Å². The largest absolute Gasteiger partial charge is 0.488 e. The van der Waals surface area contributed by atoms with E-state index in [9.17, 15) is 14.4 Å². The van der Waals surface area contributed by atoms with Crippen LogP contribution in [0.2, 0.25) is 0 Å². The van der Waals surface area contributed by atoms with E-state index in [0.717, 1.165) is 22.8 Å². The van der Waals surface area contributed by atoms with Gasteiger partial charge in [0.05, 0.1) is 17.3 Å². The van der Waals surface area contributed by atoms with E-state index in [1.54, 1.807) is 32.9 Å². The number of rotatable bonds is 6. The van der Waals surface area contributed by atoms with Crippen LogP contribution >= 0.6 is 0 Å². The Kier molecular flexibility index (Phi) is 6.32. The van der Waals surface area contributed by atoms with Gasteiger partial charge >= 0.3 is 12.1 Å². The number of fused-ring (bicyclic) bond motifs is 3. The number of aldehydes is 1. The number of alkyl carbamates (subject to hydrolysis) is 1. The van der Waals surface area contributed by atoms with Crippen LogP contribution in [-0.4, -0.2) is 34.6 Å². The van der Waals surface area contributed by atoms with Crippen LogP contribution in [0.5, 0.6) is 5.75 Å². The van der Waals surface area contributed by atoms with E-state index in [4.69, 9.17) is 14.2 Å². The molecule has 2 atom stereocenters. The molecule has 178 valence electrons. The summed E-state index contributed by atoms with van der Waals surface area (Å²) in [6, 6.07) is 14.6. The minimum Gasteiger partial charge on any atom is -0.488 e.